The first-order chi connectivity index (χ1) is 7.18. The summed E-state index contributed by atoms with van der Waals surface area (Å²) in [7, 11) is 0. The van der Waals surface area contributed by atoms with Crippen molar-refractivity contribution in [2.45, 2.75) is 29.8 Å². The lowest BCUT2D eigenvalue weighted by Crippen LogP contribution is -2.11. The Morgan fingerprint density at radius 3 is 2.80 bits per heavy atom. The normalized spacial score (nSPS) is 32.9. The van der Waals surface area contributed by atoms with Gasteiger partial charge in [-0.25, -0.2) is 0 Å². The topological polar surface area (TPSA) is 33.1 Å². The van der Waals surface area contributed by atoms with E-state index in [9.17, 15) is 5.11 Å². The molecule has 1 N–H and O–H groups in total. The number of pyridine rings is 1. The number of nitrogens with zero attached hydrogens (tertiary/aromatic N) is 1. The Kier molecular flexibility index (Phi) is 3.61. The average Bonchev–Trinajstić information content (AvgIpc) is 2.58. The summed E-state index contributed by atoms with van der Waals surface area (Å²) in [6.45, 7) is 2.23. The molecule has 0 bridgehead atoms. The summed E-state index contributed by atoms with van der Waals surface area (Å²) in [5, 5.41) is 9.64. The van der Waals surface area contributed by atoms with Gasteiger partial charge in [-0.3, -0.25) is 4.98 Å². The summed E-state index contributed by atoms with van der Waals surface area (Å²) in [6.07, 6.45) is 3.60. The predicted molar refractivity (Wildman–Crippen MR) is 68.9 cm³/mol. The van der Waals surface area contributed by atoms with Crippen LogP contribution < -0.4 is 0 Å². The second kappa shape index (κ2) is 4.78. The van der Waals surface area contributed by atoms with Gasteiger partial charge in [0.25, 0.3) is 0 Å². The van der Waals surface area contributed by atoms with E-state index in [1.165, 1.54) is 0 Å². The number of aliphatic hydroxyl groups is 1. The zero-order chi connectivity index (χ0) is 10.8. The first-order valence-corrected chi connectivity index (χ1v) is 6.66. The van der Waals surface area contributed by atoms with Crippen molar-refractivity contribution in [3.63, 3.8) is 0 Å². The van der Waals surface area contributed by atoms with Gasteiger partial charge < -0.3 is 5.11 Å². The second-order valence-corrected chi connectivity index (χ2v) is 5.76. The van der Waals surface area contributed by atoms with Crippen LogP contribution in [0.5, 0.6) is 0 Å². The predicted octanol–water partition coefficient (Wildman–Crippen LogP) is 2.96. The van der Waals surface area contributed by atoms with E-state index >= 15 is 0 Å². The highest BCUT2D eigenvalue weighted by atomic mass is 127. The fourth-order valence-corrected chi connectivity index (χ4v) is 3.78. The van der Waals surface area contributed by atoms with Gasteiger partial charge in [-0.1, -0.05) is 35.6 Å². The molecule has 1 aromatic heterocycles. The molecule has 1 aromatic rings. The zero-order valence-electron chi connectivity index (χ0n) is 8.81. The van der Waals surface area contributed by atoms with Gasteiger partial charge in [0.2, 0.25) is 0 Å². The number of aliphatic hydroxyl groups excluding tert-OH is 1. The molecule has 0 aliphatic heterocycles. The minimum absolute atomic E-state index is 0.106. The fourth-order valence-electron chi connectivity index (χ4n) is 2.41. The van der Waals surface area contributed by atoms with Crippen LogP contribution in [0.3, 0.4) is 0 Å². The van der Waals surface area contributed by atoms with E-state index in [-0.39, 0.29) is 6.10 Å². The SMILES string of the molecule is CC1CC(O)CC1C(I)c1ccccn1. The lowest BCUT2D eigenvalue weighted by Gasteiger charge is -2.20. The van der Waals surface area contributed by atoms with Gasteiger partial charge in [-0.05, 0) is 36.8 Å². The first kappa shape index (κ1) is 11.3. The summed E-state index contributed by atoms with van der Waals surface area (Å²) < 4.78 is 0.427. The lowest BCUT2D eigenvalue weighted by molar-refractivity contribution is 0.176. The van der Waals surface area contributed by atoms with Crippen molar-refractivity contribution < 1.29 is 5.11 Å². The fraction of sp³-hybridized carbons (Fsp3) is 0.583. The van der Waals surface area contributed by atoms with Gasteiger partial charge >= 0.3 is 0 Å². The van der Waals surface area contributed by atoms with E-state index in [4.69, 9.17) is 0 Å². The van der Waals surface area contributed by atoms with Gasteiger partial charge in [0, 0.05) is 6.20 Å². The highest BCUT2D eigenvalue weighted by molar-refractivity contribution is 14.1. The molecule has 2 rings (SSSR count). The Hall–Kier alpha value is -0.160. The molecule has 0 saturated heterocycles. The van der Waals surface area contributed by atoms with Gasteiger partial charge in [-0.15, -0.1) is 0 Å². The molecule has 4 atom stereocenters. The number of alkyl halides is 1. The molecule has 0 spiro atoms. The van der Waals surface area contributed by atoms with Gasteiger partial charge in [0.05, 0.1) is 15.7 Å². The minimum Gasteiger partial charge on any atom is -0.393 e. The van der Waals surface area contributed by atoms with Crippen molar-refractivity contribution in [3.05, 3.63) is 30.1 Å². The molecule has 1 aliphatic carbocycles. The number of hydrogen-bond acceptors (Lipinski definition) is 2. The molecular weight excluding hydrogens is 301 g/mol. The van der Waals surface area contributed by atoms with Crippen molar-refractivity contribution in [3.8, 4) is 0 Å². The molecule has 2 nitrogen and oxygen atoms in total. The Morgan fingerprint density at radius 2 is 2.27 bits per heavy atom. The van der Waals surface area contributed by atoms with Crippen molar-refractivity contribution in [1.82, 2.24) is 4.98 Å². The van der Waals surface area contributed by atoms with Crippen molar-refractivity contribution >= 4 is 22.6 Å². The highest BCUT2D eigenvalue weighted by Gasteiger charge is 2.35. The van der Waals surface area contributed by atoms with Crippen LogP contribution in [0.2, 0.25) is 0 Å². The van der Waals surface area contributed by atoms with Crippen LogP contribution in [0.25, 0.3) is 0 Å². The lowest BCUT2D eigenvalue weighted by atomic mass is 9.93. The van der Waals surface area contributed by atoms with Crippen molar-refractivity contribution in [2.24, 2.45) is 11.8 Å². The third-order valence-corrected chi connectivity index (χ3v) is 4.83. The van der Waals surface area contributed by atoms with Crippen LogP contribution in [-0.2, 0) is 0 Å². The average molecular weight is 317 g/mol. The summed E-state index contributed by atoms with van der Waals surface area (Å²) in [5.74, 6) is 1.17. The summed E-state index contributed by atoms with van der Waals surface area (Å²) in [6, 6.07) is 6.05. The maximum absolute atomic E-state index is 9.64. The maximum Gasteiger partial charge on any atom is 0.0564 e. The van der Waals surface area contributed by atoms with Crippen molar-refractivity contribution in [2.75, 3.05) is 0 Å². The van der Waals surface area contributed by atoms with Crippen molar-refractivity contribution in [1.29, 1.82) is 0 Å². The number of rotatable bonds is 2. The number of hydrogen-bond donors (Lipinski definition) is 1. The maximum atomic E-state index is 9.64. The molecule has 0 radical (unpaired) electrons. The Morgan fingerprint density at radius 1 is 1.47 bits per heavy atom. The molecule has 1 saturated carbocycles. The molecule has 1 aliphatic rings. The molecule has 1 heterocycles. The molecule has 0 amide bonds. The van der Waals surface area contributed by atoms with Gasteiger partial charge in [0.1, 0.15) is 0 Å². The molecule has 15 heavy (non-hydrogen) atoms. The third kappa shape index (κ3) is 2.50. The molecular formula is C12H16INO. The van der Waals surface area contributed by atoms with E-state index in [1.807, 2.05) is 18.3 Å². The van der Waals surface area contributed by atoms with E-state index < -0.39 is 0 Å². The monoisotopic (exact) mass is 317 g/mol. The van der Waals surface area contributed by atoms with Gasteiger partial charge in [0.15, 0.2) is 0 Å². The van der Waals surface area contributed by atoms with Gasteiger partial charge in [-0.2, -0.15) is 0 Å². The molecule has 3 heteroatoms. The van der Waals surface area contributed by atoms with E-state index in [2.05, 4.69) is 40.6 Å². The van der Waals surface area contributed by atoms with E-state index in [0.717, 1.165) is 18.5 Å². The largest absolute Gasteiger partial charge is 0.393 e. The van der Waals surface area contributed by atoms with Crippen LogP contribution in [0, 0.1) is 11.8 Å². The zero-order valence-corrected chi connectivity index (χ0v) is 11.0. The molecule has 82 valence electrons. The first-order valence-electron chi connectivity index (χ1n) is 5.41. The second-order valence-electron chi connectivity index (χ2n) is 4.42. The Labute approximate surface area is 104 Å². The van der Waals surface area contributed by atoms with Crippen LogP contribution in [0.15, 0.2) is 24.4 Å². The molecule has 0 aromatic carbocycles. The summed E-state index contributed by atoms with van der Waals surface area (Å²) in [4.78, 5) is 4.39. The smallest absolute Gasteiger partial charge is 0.0564 e. The number of halogens is 1. The Bertz CT molecular complexity index is 317. The third-order valence-electron chi connectivity index (χ3n) is 3.27. The summed E-state index contributed by atoms with van der Waals surface area (Å²) >= 11 is 2.46. The molecule has 1 fully saturated rings. The minimum atomic E-state index is -0.106. The summed E-state index contributed by atoms with van der Waals surface area (Å²) in [5.41, 5.74) is 1.14. The highest BCUT2D eigenvalue weighted by Crippen LogP contribution is 2.44. The number of aromatic nitrogens is 1. The van der Waals surface area contributed by atoms with Crippen LogP contribution >= 0.6 is 22.6 Å². The quantitative estimate of drug-likeness (QED) is 0.672. The molecule has 4 unspecified atom stereocenters. The van der Waals surface area contributed by atoms with Crippen LogP contribution in [0.4, 0.5) is 0 Å². The van der Waals surface area contributed by atoms with Crippen LogP contribution in [-0.4, -0.2) is 16.2 Å². The van der Waals surface area contributed by atoms with E-state index in [0.29, 0.717) is 15.8 Å². The van der Waals surface area contributed by atoms with Crippen LogP contribution in [0.1, 0.15) is 29.4 Å². The Balaban J connectivity index is 2.11. The van der Waals surface area contributed by atoms with E-state index in [1.54, 1.807) is 0 Å². The standard InChI is InChI=1S/C12H16INO/c1-8-6-9(15)7-10(8)12(13)11-4-2-3-5-14-11/h2-5,8-10,12,15H,6-7H2,1H3.